The van der Waals surface area contributed by atoms with Crippen molar-refractivity contribution >= 4 is 28.3 Å². The molecule has 0 spiro atoms. The minimum absolute atomic E-state index is 0.225. The molecule has 23 heavy (non-hydrogen) atoms. The van der Waals surface area contributed by atoms with Gasteiger partial charge < -0.3 is 9.64 Å². The number of carbonyl (C=O) groups excluding carboxylic acids is 2. The van der Waals surface area contributed by atoms with Gasteiger partial charge in [-0.3, -0.25) is 14.9 Å². The molecule has 0 unspecified atom stereocenters. The Morgan fingerprint density at radius 1 is 1.48 bits per heavy atom. The van der Waals surface area contributed by atoms with E-state index in [1.807, 2.05) is 0 Å². The Morgan fingerprint density at radius 3 is 2.96 bits per heavy atom. The molecule has 1 aromatic carbocycles. The van der Waals surface area contributed by atoms with E-state index in [9.17, 15) is 14.0 Å². The highest BCUT2D eigenvalue weighted by Crippen LogP contribution is 2.31. The van der Waals surface area contributed by atoms with E-state index in [0.717, 1.165) is 0 Å². The number of thiazole rings is 1. The molecule has 1 aliphatic rings. The molecule has 0 bridgehead atoms. The van der Waals surface area contributed by atoms with Gasteiger partial charge in [0.2, 0.25) is 5.91 Å². The second kappa shape index (κ2) is 6.43. The minimum Gasteiger partial charge on any atom is -0.356 e. The summed E-state index contributed by atoms with van der Waals surface area (Å²) in [4.78, 5) is 29.7. The Balaban J connectivity index is 1.91. The van der Waals surface area contributed by atoms with E-state index in [2.05, 4.69) is 10.3 Å². The van der Waals surface area contributed by atoms with E-state index in [-0.39, 0.29) is 18.1 Å². The molecule has 1 aromatic heterocycles. The summed E-state index contributed by atoms with van der Waals surface area (Å²) >= 11 is 1.26. The zero-order valence-electron chi connectivity index (χ0n) is 12.2. The summed E-state index contributed by atoms with van der Waals surface area (Å²) in [6, 6.07) is 5.20. The lowest BCUT2D eigenvalue weighted by atomic mass is 9.97. The lowest BCUT2D eigenvalue weighted by Gasteiger charge is -2.38. The van der Waals surface area contributed by atoms with Crippen LogP contribution in [0.4, 0.5) is 9.52 Å². The van der Waals surface area contributed by atoms with E-state index < -0.39 is 23.9 Å². The van der Waals surface area contributed by atoms with Crippen molar-refractivity contribution in [1.29, 1.82) is 0 Å². The van der Waals surface area contributed by atoms with Crippen LogP contribution in [0.25, 0.3) is 0 Å². The van der Waals surface area contributed by atoms with Gasteiger partial charge in [-0.2, -0.15) is 0 Å². The van der Waals surface area contributed by atoms with Gasteiger partial charge in [0.25, 0.3) is 5.91 Å². The number of hydrogen-bond acceptors (Lipinski definition) is 5. The molecule has 1 fully saturated rings. The Hall–Kier alpha value is -2.32. The fourth-order valence-electron chi connectivity index (χ4n) is 2.48. The molecule has 120 valence electrons. The summed E-state index contributed by atoms with van der Waals surface area (Å²) < 4.78 is 19.6. The third-order valence-corrected chi connectivity index (χ3v) is 4.32. The molecule has 2 aromatic rings. The number of amides is 2. The highest BCUT2D eigenvalue weighted by atomic mass is 32.1. The van der Waals surface area contributed by atoms with Crippen LogP contribution in [0, 0.1) is 5.82 Å². The maximum atomic E-state index is 14.2. The van der Waals surface area contributed by atoms with Crippen molar-refractivity contribution in [2.75, 3.05) is 19.0 Å². The highest BCUT2D eigenvalue weighted by molar-refractivity contribution is 7.13. The number of benzene rings is 1. The smallest absolute Gasteiger partial charge is 0.257 e. The summed E-state index contributed by atoms with van der Waals surface area (Å²) in [5.41, 5.74) is 0.238. The average molecular weight is 335 g/mol. The Bertz CT molecular complexity index is 723. The van der Waals surface area contributed by atoms with Gasteiger partial charge in [0.05, 0.1) is 6.04 Å². The van der Waals surface area contributed by atoms with E-state index in [1.54, 1.807) is 29.8 Å². The first kappa shape index (κ1) is 15.6. The van der Waals surface area contributed by atoms with Crippen LogP contribution in [0.15, 0.2) is 35.8 Å². The molecule has 2 atom stereocenters. The second-order valence-electron chi connectivity index (χ2n) is 5.03. The molecule has 8 heteroatoms. The predicted octanol–water partition coefficient (Wildman–Crippen LogP) is 1.82. The lowest BCUT2D eigenvalue weighted by Crippen LogP contribution is -2.51. The van der Waals surface area contributed by atoms with Crippen molar-refractivity contribution < 1.29 is 18.7 Å². The molecular formula is C15H14FN3O3S. The van der Waals surface area contributed by atoms with E-state index in [1.165, 1.54) is 29.4 Å². The number of nitrogens with zero attached hydrogens (tertiary/aromatic N) is 2. The minimum atomic E-state index is -1.02. The number of nitrogens with one attached hydrogen (secondary N) is 1. The summed E-state index contributed by atoms with van der Waals surface area (Å²) in [6.45, 7) is -0.225. The van der Waals surface area contributed by atoms with Crippen LogP contribution in [0.1, 0.15) is 11.6 Å². The summed E-state index contributed by atoms with van der Waals surface area (Å²) in [6.07, 6.45) is 0.546. The number of likely N-dealkylation sites (N-methyl/N-ethyl adjacent to an activating group) is 1. The number of aromatic nitrogens is 1. The maximum absolute atomic E-state index is 14.2. The van der Waals surface area contributed by atoms with Crippen LogP contribution in [-0.2, 0) is 14.3 Å². The van der Waals surface area contributed by atoms with Crippen LogP contribution in [0.5, 0.6) is 0 Å². The molecule has 0 saturated carbocycles. The second-order valence-corrected chi connectivity index (χ2v) is 5.92. The van der Waals surface area contributed by atoms with E-state index >= 15 is 0 Å². The van der Waals surface area contributed by atoms with Crippen LogP contribution < -0.4 is 5.32 Å². The van der Waals surface area contributed by atoms with Gasteiger partial charge in [0.15, 0.2) is 11.2 Å². The molecule has 1 N–H and O–H groups in total. The molecule has 2 amide bonds. The normalized spacial score (nSPS) is 21.3. The van der Waals surface area contributed by atoms with Crippen LogP contribution in [-0.4, -0.2) is 41.5 Å². The molecule has 0 radical (unpaired) electrons. The standard InChI is InChI=1S/C15H14FN3O3S/c1-19-11(20)8-22-13(14(21)18-15-17-6-7-23-15)12(19)9-4-2-3-5-10(9)16/h2-7,12-13H,8H2,1H3,(H,17,18,21)/t12-,13-/m0/s1. The molecule has 6 nitrogen and oxygen atoms in total. The molecular weight excluding hydrogens is 321 g/mol. The Kier molecular flexibility index (Phi) is 4.35. The summed E-state index contributed by atoms with van der Waals surface area (Å²) in [5.74, 6) is -1.26. The number of halogens is 1. The first-order valence-electron chi connectivity index (χ1n) is 6.90. The molecule has 3 rings (SSSR count). The molecule has 1 saturated heterocycles. The number of carbonyl (C=O) groups is 2. The zero-order chi connectivity index (χ0) is 16.4. The van der Waals surface area contributed by atoms with Gasteiger partial charge in [0, 0.05) is 24.2 Å². The van der Waals surface area contributed by atoms with Gasteiger partial charge in [-0.25, -0.2) is 9.37 Å². The molecule has 2 heterocycles. The van der Waals surface area contributed by atoms with Crippen LogP contribution in [0.2, 0.25) is 0 Å². The average Bonchev–Trinajstić information content (AvgIpc) is 3.03. The van der Waals surface area contributed by atoms with Gasteiger partial charge in [-0.1, -0.05) is 18.2 Å². The zero-order valence-corrected chi connectivity index (χ0v) is 13.0. The van der Waals surface area contributed by atoms with Crippen molar-refractivity contribution in [3.05, 3.63) is 47.2 Å². The highest BCUT2D eigenvalue weighted by Gasteiger charge is 2.41. The fraction of sp³-hybridized carbons (Fsp3) is 0.267. The van der Waals surface area contributed by atoms with E-state index in [0.29, 0.717) is 5.13 Å². The van der Waals surface area contributed by atoms with Gasteiger partial charge in [0.1, 0.15) is 12.4 Å². The van der Waals surface area contributed by atoms with Crippen molar-refractivity contribution in [2.45, 2.75) is 12.1 Å². The first-order valence-corrected chi connectivity index (χ1v) is 7.78. The first-order chi connectivity index (χ1) is 11.1. The monoisotopic (exact) mass is 335 g/mol. The maximum Gasteiger partial charge on any atom is 0.257 e. The van der Waals surface area contributed by atoms with Crippen LogP contribution >= 0.6 is 11.3 Å². The SMILES string of the molecule is CN1C(=O)CO[C@H](C(=O)Nc2nccs2)[C@@H]1c1ccccc1F. The van der Waals surface area contributed by atoms with E-state index in [4.69, 9.17) is 4.74 Å². The van der Waals surface area contributed by atoms with Gasteiger partial charge >= 0.3 is 0 Å². The van der Waals surface area contributed by atoms with Crippen molar-refractivity contribution in [3.63, 3.8) is 0 Å². The van der Waals surface area contributed by atoms with Gasteiger partial charge in [-0.15, -0.1) is 11.3 Å². The largest absolute Gasteiger partial charge is 0.356 e. The van der Waals surface area contributed by atoms with Crippen molar-refractivity contribution in [3.8, 4) is 0 Å². The van der Waals surface area contributed by atoms with Crippen molar-refractivity contribution in [1.82, 2.24) is 9.88 Å². The molecule has 1 aliphatic heterocycles. The van der Waals surface area contributed by atoms with Gasteiger partial charge in [-0.05, 0) is 6.07 Å². The lowest BCUT2D eigenvalue weighted by molar-refractivity contribution is -0.160. The summed E-state index contributed by atoms with van der Waals surface area (Å²) in [5, 5.41) is 4.77. The predicted molar refractivity (Wildman–Crippen MR) is 82.4 cm³/mol. The van der Waals surface area contributed by atoms with Crippen molar-refractivity contribution in [2.24, 2.45) is 0 Å². The number of anilines is 1. The third-order valence-electron chi connectivity index (χ3n) is 3.63. The topological polar surface area (TPSA) is 71.5 Å². The number of morpholine rings is 1. The Morgan fingerprint density at radius 2 is 2.26 bits per heavy atom. The fourth-order valence-corrected chi connectivity index (χ4v) is 3.01. The summed E-state index contributed by atoms with van der Waals surface area (Å²) in [7, 11) is 1.53. The number of ether oxygens (including phenoxy) is 1. The Labute approximate surface area is 135 Å². The molecule has 0 aliphatic carbocycles. The van der Waals surface area contributed by atoms with Crippen LogP contribution in [0.3, 0.4) is 0 Å². The number of rotatable bonds is 3. The third kappa shape index (κ3) is 3.08. The number of hydrogen-bond donors (Lipinski definition) is 1. The quantitative estimate of drug-likeness (QED) is 0.929.